The van der Waals surface area contributed by atoms with E-state index < -0.39 is 0 Å². The lowest BCUT2D eigenvalue weighted by Gasteiger charge is -2.27. The third-order valence-corrected chi connectivity index (χ3v) is 4.08. The highest BCUT2D eigenvalue weighted by Gasteiger charge is 2.32. The summed E-state index contributed by atoms with van der Waals surface area (Å²) in [7, 11) is 0. The molecule has 2 fully saturated rings. The van der Waals surface area contributed by atoms with Crippen LogP contribution in [0.5, 0.6) is 0 Å². The van der Waals surface area contributed by atoms with E-state index >= 15 is 0 Å². The van der Waals surface area contributed by atoms with Gasteiger partial charge in [-0.25, -0.2) is 0 Å². The molecular weight excluding hydrogens is 240 g/mol. The minimum absolute atomic E-state index is 0.115. The Morgan fingerprint density at radius 3 is 1.95 bits per heavy atom. The molecule has 0 heterocycles. The Kier molecular flexibility index (Phi) is 4.83. The first-order valence-corrected chi connectivity index (χ1v) is 7.64. The predicted octanol–water partition coefficient (Wildman–Crippen LogP) is 1.84. The van der Waals surface area contributed by atoms with Gasteiger partial charge in [0.2, 0.25) is 11.8 Å². The first-order chi connectivity index (χ1) is 9.06. The van der Waals surface area contributed by atoms with Gasteiger partial charge in [0.1, 0.15) is 0 Å². The molecule has 4 nitrogen and oxygen atoms in total. The molecule has 2 aliphatic carbocycles. The van der Waals surface area contributed by atoms with E-state index in [4.69, 9.17) is 0 Å². The molecule has 0 aromatic carbocycles. The topological polar surface area (TPSA) is 58.2 Å². The lowest BCUT2D eigenvalue weighted by Crippen LogP contribution is -2.38. The van der Waals surface area contributed by atoms with Gasteiger partial charge in [0.05, 0.1) is 0 Å². The highest BCUT2D eigenvalue weighted by atomic mass is 16.2. The number of amides is 2. The summed E-state index contributed by atoms with van der Waals surface area (Å²) in [6.45, 7) is 4.94. The van der Waals surface area contributed by atoms with Crippen molar-refractivity contribution in [1.29, 1.82) is 0 Å². The number of hydrogen-bond acceptors (Lipinski definition) is 2. The van der Waals surface area contributed by atoms with Gasteiger partial charge in [0.25, 0.3) is 0 Å². The maximum absolute atomic E-state index is 12.0. The van der Waals surface area contributed by atoms with Crippen molar-refractivity contribution in [3.05, 3.63) is 0 Å². The van der Waals surface area contributed by atoms with Gasteiger partial charge in [-0.15, -0.1) is 0 Å². The summed E-state index contributed by atoms with van der Waals surface area (Å²) in [6, 6.07) is 0.444. The van der Waals surface area contributed by atoms with E-state index in [-0.39, 0.29) is 23.7 Å². The summed E-state index contributed by atoms with van der Waals surface area (Å²) in [5.41, 5.74) is 0. The second-order valence-corrected chi connectivity index (χ2v) is 6.47. The highest BCUT2D eigenvalue weighted by Crippen LogP contribution is 2.30. The summed E-state index contributed by atoms with van der Waals surface area (Å²) in [5, 5.41) is 6.07. The number of nitrogens with one attached hydrogen (secondary N) is 2. The molecule has 2 aliphatic rings. The molecule has 4 heteroatoms. The van der Waals surface area contributed by atoms with Crippen molar-refractivity contribution in [1.82, 2.24) is 10.6 Å². The fraction of sp³-hybridized carbons (Fsp3) is 0.867. The van der Waals surface area contributed by atoms with Gasteiger partial charge in [0.15, 0.2) is 0 Å². The lowest BCUT2D eigenvalue weighted by atomic mass is 9.81. The summed E-state index contributed by atoms with van der Waals surface area (Å²) in [4.78, 5) is 23.9. The molecule has 0 saturated heterocycles. The summed E-state index contributed by atoms with van der Waals surface area (Å²) >= 11 is 0. The van der Waals surface area contributed by atoms with Crippen molar-refractivity contribution in [2.24, 2.45) is 17.8 Å². The van der Waals surface area contributed by atoms with Crippen molar-refractivity contribution < 1.29 is 9.59 Å². The monoisotopic (exact) mass is 266 g/mol. The Hall–Kier alpha value is -1.06. The van der Waals surface area contributed by atoms with Gasteiger partial charge in [-0.2, -0.15) is 0 Å². The zero-order valence-corrected chi connectivity index (χ0v) is 12.1. The highest BCUT2D eigenvalue weighted by molar-refractivity contribution is 5.81. The molecule has 0 unspecified atom stereocenters. The third-order valence-electron chi connectivity index (χ3n) is 4.08. The van der Waals surface area contributed by atoms with Crippen molar-refractivity contribution in [3.63, 3.8) is 0 Å². The van der Waals surface area contributed by atoms with Gasteiger partial charge >= 0.3 is 0 Å². The van der Waals surface area contributed by atoms with Crippen molar-refractivity contribution in [3.8, 4) is 0 Å². The van der Waals surface area contributed by atoms with E-state index in [0.717, 1.165) is 45.1 Å². The van der Waals surface area contributed by atoms with E-state index in [0.29, 0.717) is 12.0 Å². The fourth-order valence-corrected chi connectivity index (χ4v) is 2.61. The van der Waals surface area contributed by atoms with E-state index in [1.807, 2.05) is 0 Å². The van der Waals surface area contributed by atoms with Crippen LogP contribution in [0.2, 0.25) is 0 Å². The quantitative estimate of drug-likeness (QED) is 0.798. The number of carbonyl (C=O) groups is 2. The Morgan fingerprint density at radius 2 is 1.47 bits per heavy atom. The van der Waals surface area contributed by atoms with Crippen LogP contribution in [0.3, 0.4) is 0 Å². The van der Waals surface area contributed by atoms with Crippen LogP contribution in [0, 0.1) is 17.8 Å². The minimum atomic E-state index is 0.115. The van der Waals surface area contributed by atoms with Gasteiger partial charge in [-0.3, -0.25) is 9.59 Å². The molecule has 108 valence electrons. The molecule has 2 saturated carbocycles. The number of rotatable bonds is 5. The largest absolute Gasteiger partial charge is 0.356 e. The van der Waals surface area contributed by atoms with E-state index in [2.05, 4.69) is 24.5 Å². The average molecular weight is 266 g/mol. The van der Waals surface area contributed by atoms with Crippen LogP contribution in [0.1, 0.15) is 52.4 Å². The Bertz CT molecular complexity index is 329. The van der Waals surface area contributed by atoms with E-state index in [9.17, 15) is 9.59 Å². The fourth-order valence-electron chi connectivity index (χ4n) is 2.61. The number of carbonyl (C=O) groups excluding carboxylic acids is 2. The first kappa shape index (κ1) is 14.4. The molecular formula is C15H26N2O2. The molecule has 19 heavy (non-hydrogen) atoms. The number of hydrogen-bond donors (Lipinski definition) is 2. The van der Waals surface area contributed by atoms with Crippen LogP contribution in [0.25, 0.3) is 0 Å². The molecule has 0 bridgehead atoms. The Labute approximate surface area is 115 Å². The van der Waals surface area contributed by atoms with Crippen LogP contribution < -0.4 is 10.6 Å². The maximum atomic E-state index is 12.0. The zero-order chi connectivity index (χ0) is 13.8. The summed E-state index contributed by atoms with van der Waals surface area (Å²) < 4.78 is 0. The third kappa shape index (κ3) is 4.51. The standard InChI is InChI=1S/C15H26N2O2/c1-10(2)9-16-14(18)11-3-5-12(6-4-11)15(19)17-13-7-8-13/h10-13H,3-9H2,1-2H3,(H,16,18)(H,17,19). The molecule has 0 aromatic heterocycles. The van der Waals surface area contributed by atoms with Gasteiger partial charge in [-0.1, -0.05) is 13.8 Å². The Balaban J connectivity index is 1.69. The molecule has 0 aliphatic heterocycles. The SMILES string of the molecule is CC(C)CNC(=O)C1CCC(C(=O)NC2CC2)CC1. The van der Waals surface area contributed by atoms with Crippen molar-refractivity contribution in [2.75, 3.05) is 6.54 Å². The predicted molar refractivity (Wildman–Crippen MR) is 74.5 cm³/mol. The van der Waals surface area contributed by atoms with E-state index in [1.165, 1.54) is 0 Å². The average Bonchev–Trinajstić information content (AvgIpc) is 3.20. The van der Waals surface area contributed by atoms with Crippen molar-refractivity contribution >= 4 is 11.8 Å². The molecule has 0 atom stereocenters. The zero-order valence-electron chi connectivity index (χ0n) is 12.1. The second-order valence-electron chi connectivity index (χ2n) is 6.47. The van der Waals surface area contributed by atoms with E-state index in [1.54, 1.807) is 0 Å². The van der Waals surface area contributed by atoms with Gasteiger partial charge < -0.3 is 10.6 Å². The molecule has 0 aromatic rings. The smallest absolute Gasteiger partial charge is 0.223 e. The maximum Gasteiger partial charge on any atom is 0.223 e. The minimum Gasteiger partial charge on any atom is -0.356 e. The summed E-state index contributed by atoms with van der Waals surface area (Å²) in [6.07, 6.45) is 5.70. The molecule has 0 spiro atoms. The van der Waals surface area contributed by atoms with Crippen LogP contribution in [-0.4, -0.2) is 24.4 Å². The first-order valence-electron chi connectivity index (χ1n) is 7.64. The normalized spacial score (nSPS) is 27.1. The van der Waals surface area contributed by atoms with Gasteiger partial charge in [-0.05, 0) is 44.4 Å². The summed E-state index contributed by atoms with van der Waals surface area (Å²) in [5.74, 6) is 1.13. The molecule has 0 radical (unpaired) electrons. The van der Waals surface area contributed by atoms with Crippen LogP contribution in [0.15, 0.2) is 0 Å². The molecule has 2 rings (SSSR count). The molecule has 2 N–H and O–H groups in total. The molecule has 2 amide bonds. The second kappa shape index (κ2) is 6.40. The van der Waals surface area contributed by atoms with Crippen molar-refractivity contribution in [2.45, 2.75) is 58.4 Å². The Morgan fingerprint density at radius 1 is 0.947 bits per heavy atom. The van der Waals surface area contributed by atoms with Crippen LogP contribution in [-0.2, 0) is 9.59 Å². The van der Waals surface area contributed by atoms with Gasteiger partial charge in [0, 0.05) is 24.4 Å². The van der Waals surface area contributed by atoms with Crippen LogP contribution >= 0.6 is 0 Å². The lowest BCUT2D eigenvalue weighted by molar-refractivity contribution is -0.130. The van der Waals surface area contributed by atoms with Crippen LogP contribution in [0.4, 0.5) is 0 Å².